The fraction of sp³-hybridized carbons (Fsp3) is 0.400. The quantitative estimate of drug-likeness (QED) is 0.855. The van der Waals surface area contributed by atoms with E-state index in [1.54, 1.807) is 0 Å². The smallest absolute Gasteiger partial charge is 0.229 e. The zero-order valence-electron chi connectivity index (χ0n) is 9.97. The van der Waals surface area contributed by atoms with Crippen LogP contribution in [0.3, 0.4) is 0 Å². The molecule has 1 aromatic rings. The topological polar surface area (TPSA) is 80.3 Å². The highest BCUT2D eigenvalue weighted by Crippen LogP contribution is 2.15. The van der Waals surface area contributed by atoms with Crippen LogP contribution in [0.25, 0.3) is 0 Å². The molecule has 102 valence electrons. The average molecular weight is 295 g/mol. The number of nitrogens with one attached hydrogen (secondary N) is 1. The van der Waals surface area contributed by atoms with E-state index in [-0.39, 0.29) is 22.8 Å². The Morgan fingerprint density at radius 3 is 2.33 bits per heavy atom. The van der Waals surface area contributed by atoms with E-state index in [0.29, 0.717) is 0 Å². The molecule has 0 saturated carbocycles. The van der Waals surface area contributed by atoms with Gasteiger partial charge in [0.1, 0.15) is 15.7 Å². The predicted molar refractivity (Wildman–Crippen MR) is 66.0 cm³/mol. The maximum atomic E-state index is 12.8. The van der Waals surface area contributed by atoms with E-state index in [4.69, 9.17) is 0 Å². The molecule has 0 amide bonds. The van der Waals surface area contributed by atoms with E-state index in [2.05, 4.69) is 4.72 Å². The van der Waals surface area contributed by atoms with E-state index in [1.165, 1.54) is 6.92 Å². The predicted octanol–water partition coefficient (Wildman–Crippen LogP) is 0.457. The first-order valence-electron chi connectivity index (χ1n) is 5.05. The summed E-state index contributed by atoms with van der Waals surface area (Å²) < 4.78 is 60.4. The first-order valence-corrected chi connectivity index (χ1v) is 8.60. The minimum Gasteiger partial charge on any atom is -0.229 e. The first kappa shape index (κ1) is 15.1. The van der Waals surface area contributed by atoms with Crippen LogP contribution in [0.15, 0.2) is 23.1 Å². The second-order valence-electron chi connectivity index (χ2n) is 3.94. The normalized spacial score (nSPS) is 12.6. The molecule has 0 atom stereocenters. The summed E-state index contributed by atoms with van der Waals surface area (Å²) in [5.74, 6) is -0.811. The van der Waals surface area contributed by atoms with Crippen molar-refractivity contribution in [2.75, 3.05) is 18.6 Å². The minimum absolute atomic E-state index is 0.0580. The van der Waals surface area contributed by atoms with Crippen LogP contribution in [0.4, 0.5) is 4.39 Å². The van der Waals surface area contributed by atoms with Gasteiger partial charge in [0.05, 0.1) is 10.6 Å². The fourth-order valence-electron chi connectivity index (χ4n) is 1.35. The molecule has 0 saturated heterocycles. The standard InChI is InChI=1S/C10H14FNO4S2/c1-8-7-9(11)3-4-10(8)18(15,16)12-5-6-17(2,13)14/h3-4,7,12H,5-6H2,1-2H3. The third-order valence-corrected chi connectivity index (χ3v) is 4.76. The molecule has 0 aromatic heterocycles. The van der Waals surface area contributed by atoms with Crippen LogP contribution < -0.4 is 4.72 Å². The lowest BCUT2D eigenvalue weighted by atomic mass is 10.2. The molecule has 1 rings (SSSR count). The van der Waals surface area contributed by atoms with Gasteiger partial charge in [0.15, 0.2) is 0 Å². The van der Waals surface area contributed by atoms with Gasteiger partial charge in [-0.1, -0.05) is 0 Å². The molecule has 0 unspecified atom stereocenters. The number of aryl methyl sites for hydroxylation is 1. The van der Waals surface area contributed by atoms with Crippen LogP contribution >= 0.6 is 0 Å². The highest BCUT2D eigenvalue weighted by Gasteiger charge is 2.17. The van der Waals surface area contributed by atoms with Gasteiger partial charge in [-0.3, -0.25) is 0 Å². The van der Waals surface area contributed by atoms with Crippen LogP contribution in [-0.2, 0) is 19.9 Å². The van der Waals surface area contributed by atoms with E-state index in [9.17, 15) is 21.2 Å². The van der Waals surface area contributed by atoms with Gasteiger partial charge in [0.25, 0.3) is 0 Å². The van der Waals surface area contributed by atoms with E-state index < -0.39 is 25.7 Å². The first-order chi connectivity index (χ1) is 8.12. The van der Waals surface area contributed by atoms with Crippen LogP contribution in [0.2, 0.25) is 0 Å². The Labute approximate surface area is 106 Å². The third kappa shape index (κ3) is 4.35. The van der Waals surface area contributed by atoms with Gasteiger partial charge in [-0.15, -0.1) is 0 Å². The summed E-state index contributed by atoms with van der Waals surface area (Å²) in [5.41, 5.74) is 0.266. The molecule has 0 bridgehead atoms. The zero-order chi connectivity index (χ0) is 14.0. The second kappa shape index (κ2) is 5.33. The van der Waals surface area contributed by atoms with Gasteiger partial charge in [-0.05, 0) is 30.7 Å². The van der Waals surface area contributed by atoms with Gasteiger partial charge in [-0.2, -0.15) is 0 Å². The average Bonchev–Trinajstić information content (AvgIpc) is 2.13. The highest BCUT2D eigenvalue weighted by molar-refractivity contribution is 7.91. The van der Waals surface area contributed by atoms with Crippen molar-refractivity contribution in [3.63, 3.8) is 0 Å². The number of rotatable bonds is 5. The van der Waals surface area contributed by atoms with Crippen molar-refractivity contribution >= 4 is 19.9 Å². The highest BCUT2D eigenvalue weighted by atomic mass is 32.2. The van der Waals surface area contributed by atoms with Crippen LogP contribution in [0.5, 0.6) is 0 Å². The van der Waals surface area contributed by atoms with Gasteiger partial charge in [0.2, 0.25) is 10.0 Å². The van der Waals surface area contributed by atoms with Crippen LogP contribution in [-0.4, -0.2) is 35.4 Å². The molecule has 0 spiro atoms. The lowest BCUT2D eigenvalue weighted by Crippen LogP contribution is -2.29. The monoisotopic (exact) mass is 295 g/mol. The van der Waals surface area contributed by atoms with Crippen molar-refractivity contribution in [3.8, 4) is 0 Å². The van der Waals surface area contributed by atoms with Crippen molar-refractivity contribution in [1.29, 1.82) is 0 Å². The molecule has 1 aromatic carbocycles. The molecule has 0 aliphatic rings. The Balaban J connectivity index is 2.87. The summed E-state index contributed by atoms with van der Waals surface area (Å²) >= 11 is 0. The lowest BCUT2D eigenvalue weighted by molar-refractivity contribution is 0.580. The maximum absolute atomic E-state index is 12.8. The van der Waals surface area contributed by atoms with Crippen molar-refractivity contribution in [1.82, 2.24) is 4.72 Å². The molecule has 0 aliphatic heterocycles. The molecule has 0 heterocycles. The van der Waals surface area contributed by atoms with E-state index in [0.717, 1.165) is 24.5 Å². The minimum atomic E-state index is -3.81. The molecule has 18 heavy (non-hydrogen) atoms. The largest absolute Gasteiger partial charge is 0.240 e. The van der Waals surface area contributed by atoms with Crippen molar-refractivity contribution in [2.24, 2.45) is 0 Å². The Bertz CT molecular complexity index is 638. The summed E-state index contributed by atoms with van der Waals surface area (Å²) in [6, 6.07) is 3.29. The van der Waals surface area contributed by atoms with Crippen molar-refractivity contribution < 1.29 is 21.2 Å². The summed E-state index contributed by atoms with van der Waals surface area (Å²) in [4.78, 5) is -0.0580. The molecule has 0 radical (unpaired) electrons. The van der Waals surface area contributed by atoms with Gasteiger partial charge in [0, 0.05) is 12.8 Å². The van der Waals surface area contributed by atoms with Crippen molar-refractivity contribution in [3.05, 3.63) is 29.6 Å². The second-order valence-corrected chi connectivity index (χ2v) is 7.93. The van der Waals surface area contributed by atoms with Crippen LogP contribution in [0.1, 0.15) is 5.56 Å². The lowest BCUT2D eigenvalue weighted by Gasteiger charge is -2.08. The zero-order valence-corrected chi connectivity index (χ0v) is 11.6. The van der Waals surface area contributed by atoms with E-state index in [1.807, 2.05) is 0 Å². The van der Waals surface area contributed by atoms with Gasteiger partial charge >= 0.3 is 0 Å². The number of hydrogen-bond acceptors (Lipinski definition) is 4. The number of benzene rings is 1. The SMILES string of the molecule is Cc1cc(F)ccc1S(=O)(=O)NCCS(C)(=O)=O. The van der Waals surface area contributed by atoms with Crippen molar-refractivity contribution in [2.45, 2.75) is 11.8 Å². The maximum Gasteiger partial charge on any atom is 0.240 e. The fourth-order valence-corrected chi connectivity index (χ4v) is 3.21. The molecule has 8 heteroatoms. The number of sulfonamides is 1. The Kier molecular flexibility index (Phi) is 4.46. The third-order valence-electron chi connectivity index (χ3n) is 2.19. The number of halogens is 1. The molecular formula is C10H14FNO4S2. The Morgan fingerprint density at radius 1 is 1.22 bits per heavy atom. The summed E-state index contributed by atoms with van der Waals surface area (Å²) in [7, 11) is -7.04. The number of hydrogen-bond donors (Lipinski definition) is 1. The summed E-state index contributed by atoms with van der Waals surface area (Å²) in [6.45, 7) is 1.26. The van der Waals surface area contributed by atoms with Crippen LogP contribution in [0, 0.1) is 12.7 Å². The molecular weight excluding hydrogens is 281 g/mol. The molecule has 0 fully saturated rings. The van der Waals surface area contributed by atoms with E-state index >= 15 is 0 Å². The summed E-state index contributed by atoms with van der Waals surface area (Å²) in [6.07, 6.45) is 1.02. The van der Waals surface area contributed by atoms with Gasteiger partial charge in [-0.25, -0.2) is 25.9 Å². The Hall–Kier alpha value is -0.990. The number of sulfone groups is 1. The molecule has 1 N–H and O–H groups in total. The Morgan fingerprint density at radius 2 is 1.83 bits per heavy atom. The molecule has 5 nitrogen and oxygen atoms in total. The van der Waals surface area contributed by atoms with Gasteiger partial charge < -0.3 is 0 Å². The summed E-state index contributed by atoms with van der Waals surface area (Å²) in [5, 5.41) is 0. The molecule has 0 aliphatic carbocycles.